The molecular weight excluding hydrogens is 272 g/mol. The van der Waals surface area contributed by atoms with Crippen LogP contribution in [0.4, 0.5) is 0 Å². The van der Waals surface area contributed by atoms with E-state index in [1.54, 1.807) is 0 Å². The van der Waals surface area contributed by atoms with Crippen LogP contribution in [0.2, 0.25) is 0 Å². The molecule has 0 atom stereocenters. The number of rotatable bonds is 3. The number of carbonyl (C=O) groups is 1. The van der Waals surface area contributed by atoms with Crippen molar-refractivity contribution >= 4 is 21.9 Å². The number of halogens is 1. The third-order valence-corrected chi connectivity index (χ3v) is 2.55. The van der Waals surface area contributed by atoms with Gasteiger partial charge in [-0.2, -0.15) is 0 Å². The summed E-state index contributed by atoms with van der Waals surface area (Å²) >= 11 is 3.13. The Kier molecular flexibility index (Phi) is 3.05. The topological polar surface area (TPSA) is 66.0 Å². The van der Waals surface area contributed by atoms with Gasteiger partial charge in [0.2, 0.25) is 0 Å². The van der Waals surface area contributed by atoms with Crippen LogP contribution in [0.5, 0.6) is 0 Å². The van der Waals surface area contributed by atoms with Gasteiger partial charge in [-0.05, 0) is 21.5 Å². The molecule has 0 saturated carbocycles. The van der Waals surface area contributed by atoms with Gasteiger partial charge in [-0.25, -0.2) is 9.78 Å². The maximum Gasteiger partial charge on any atom is 0.356 e. The van der Waals surface area contributed by atoms with Crippen molar-refractivity contribution < 1.29 is 9.90 Å². The Hall–Kier alpha value is -1.62. The summed E-state index contributed by atoms with van der Waals surface area (Å²) in [4.78, 5) is 17.7. The fourth-order valence-electron chi connectivity index (χ4n) is 1.48. The Morgan fingerprint density at radius 1 is 1.38 bits per heavy atom. The monoisotopic (exact) mass is 280 g/mol. The SMILES string of the molecule is O=C(O)c1nc(Br)[nH]c1Cc1ccccc1. The molecule has 2 rings (SSSR count). The molecule has 5 heteroatoms. The van der Waals surface area contributed by atoms with Gasteiger partial charge in [0.1, 0.15) is 0 Å². The molecule has 16 heavy (non-hydrogen) atoms. The zero-order valence-electron chi connectivity index (χ0n) is 8.27. The lowest BCUT2D eigenvalue weighted by molar-refractivity contribution is 0.0690. The fraction of sp³-hybridized carbons (Fsp3) is 0.0909. The van der Waals surface area contributed by atoms with Gasteiger partial charge in [0.05, 0.1) is 5.69 Å². The largest absolute Gasteiger partial charge is 0.476 e. The first-order valence-electron chi connectivity index (χ1n) is 4.68. The summed E-state index contributed by atoms with van der Waals surface area (Å²) < 4.78 is 0.441. The minimum absolute atomic E-state index is 0.0655. The highest BCUT2D eigenvalue weighted by Gasteiger charge is 2.15. The molecule has 0 bridgehead atoms. The minimum Gasteiger partial charge on any atom is -0.476 e. The van der Waals surface area contributed by atoms with Crippen LogP contribution in [-0.4, -0.2) is 21.0 Å². The molecule has 1 aromatic carbocycles. The summed E-state index contributed by atoms with van der Waals surface area (Å²) in [5.41, 5.74) is 1.71. The highest BCUT2D eigenvalue weighted by molar-refractivity contribution is 9.10. The van der Waals surface area contributed by atoms with Gasteiger partial charge in [-0.1, -0.05) is 30.3 Å². The van der Waals surface area contributed by atoms with Crippen LogP contribution in [0, 0.1) is 0 Å². The van der Waals surface area contributed by atoms with Crippen LogP contribution in [0.1, 0.15) is 21.7 Å². The van der Waals surface area contributed by atoms with Crippen molar-refractivity contribution in [2.24, 2.45) is 0 Å². The van der Waals surface area contributed by atoms with E-state index in [2.05, 4.69) is 25.9 Å². The number of H-pyrrole nitrogens is 1. The molecule has 82 valence electrons. The summed E-state index contributed by atoms with van der Waals surface area (Å²) in [5, 5.41) is 8.95. The molecular formula is C11H9BrN2O2. The number of aromatic amines is 1. The van der Waals surface area contributed by atoms with Crippen LogP contribution in [0.15, 0.2) is 35.1 Å². The zero-order chi connectivity index (χ0) is 11.5. The van der Waals surface area contributed by atoms with Crippen molar-refractivity contribution in [2.45, 2.75) is 6.42 Å². The number of hydrogen-bond acceptors (Lipinski definition) is 2. The molecule has 0 spiro atoms. The summed E-state index contributed by atoms with van der Waals surface area (Å²) in [6.07, 6.45) is 0.529. The van der Waals surface area contributed by atoms with E-state index in [9.17, 15) is 4.79 Å². The van der Waals surface area contributed by atoms with E-state index in [1.165, 1.54) is 0 Å². The lowest BCUT2D eigenvalue weighted by atomic mass is 10.1. The second kappa shape index (κ2) is 4.49. The van der Waals surface area contributed by atoms with Crippen molar-refractivity contribution in [3.05, 3.63) is 52.0 Å². The third kappa shape index (κ3) is 2.30. The lowest BCUT2D eigenvalue weighted by Gasteiger charge is -1.99. The highest BCUT2D eigenvalue weighted by atomic mass is 79.9. The van der Waals surface area contributed by atoms with Gasteiger partial charge in [0.25, 0.3) is 0 Å². The van der Waals surface area contributed by atoms with Crippen molar-refractivity contribution in [3.63, 3.8) is 0 Å². The normalized spacial score (nSPS) is 10.3. The molecule has 0 amide bonds. The number of hydrogen-bond donors (Lipinski definition) is 2. The Balaban J connectivity index is 2.31. The zero-order valence-corrected chi connectivity index (χ0v) is 9.86. The Bertz CT molecular complexity index is 508. The first-order valence-corrected chi connectivity index (χ1v) is 5.47. The Morgan fingerprint density at radius 3 is 2.69 bits per heavy atom. The molecule has 2 N–H and O–H groups in total. The molecule has 0 aliphatic rings. The van der Waals surface area contributed by atoms with E-state index < -0.39 is 5.97 Å². The lowest BCUT2D eigenvalue weighted by Crippen LogP contribution is -2.02. The van der Waals surface area contributed by atoms with Crippen LogP contribution in [-0.2, 0) is 6.42 Å². The summed E-state index contributed by atoms with van der Waals surface area (Å²) in [6, 6.07) is 9.65. The van der Waals surface area contributed by atoms with E-state index in [4.69, 9.17) is 5.11 Å². The maximum absolute atomic E-state index is 10.9. The summed E-state index contributed by atoms with van der Waals surface area (Å²) in [5.74, 6) is -1.02. The predicted molar refractivity (Wildman–Crippen MR) is 62.5 cm³/mol. The van der Waals surface area contributed by atoms with E-state index in [0.29, 0.717) is 16.8 Å². The first-order chi connectivity index (χ1) is 7.66. The standard InChI is InChI=1S/C11H9BrN2O2/c12-11-13-8(9(14-11)10(15)16)6-7-4-2-1-3-5-7/h1-5H,6H2,(H,13,14)(H,15,16). The van der Waals surface area contributed by atoms with E-state index in [1.807, 2.05) is 30.3 Å². The highest BCUT2D eigenvalue weighted by Crippen LogP contribution is 2.15. The van der Waals surface area contributed by atoms with Crippen LogP contribution in [0.25, 0.3) is 0 Å². The van der Waals surface area contributed by atoms with Crippen LogP contribution in [0.3, 0.4) is 0 Å². The summed E-state index contributed by atoms with van der Waals surface area (Å²) in [6.45, 7) is 0. The third-order valence-electron chi connectivity index (χ3n) is 2.18. The molecule has 0 radical (unpaired) electrons. The van der Waals surface area contributed by atoms with Gasteiger partial charge in [0, 0.05) is 6.42 Å². The van der Waals surface area contributed by atoms with E-state index >= 15 is 0 Å². The molecule has 0 unspecified atom stereocenters. The smallest absolute Gasteiger partial charge is 0.356 e. The molecule has 1 heterocycles. The van der Waals surface area contributed by atoms with Crippen molar-refractivity contribution in [1.82, 2.24) is 9.97 Å². The molecule has 1 aromatic heterocycles. The van der Waals surface area contributed by atoms with E-state index in [0.717, 1.165) is 5.56 Å². The van der Waals surface area contributed by atoms with Gasteiger partial charge < -0.3 is 10.1 Å². The molecule has 2 aromatic rings. The number of nitrogens with zero attached hydrogens (tertiary/aromatic N) is 1. The summed E-state index contributed by atoms with van der Waals surface area (Å²) in [7, 11) is 0. The van der Waals surface area contributed by atoms with Crippen molar-refractivity contribution in [3.8, 4) is 0 Å². The quantitative estimate of drug-likeness (QED) is 0.908. The number of imidazole rings is 1. The number of carboxylic acids is 1. The predicted octanol–water partition coefficient (Wildman–Crippen LogP) is 2.46. The Labute approximate surface area is 100 Å². The van der Waals surface area contributed by atoms with Crippen molar-refractivity contribution in [2.75, 3.05) is 0 Å². The van der Waals surface area contributed by atoms with E-state index in [-0.39, 0.29) is 5.69 Å². The van der Waals surface area contributed by atoms with Gasteiger partial charge in [-0.3, -0.25) is 0 Å². The average Bonchev–Trinajstić information content (AvgIpc) is 2.61. The van der Waals surface area contributed by atoms with Gasteiger partial charge in [-0.15, -0.1) is 0 Å². The van der Waals surface area contributed by atoms with Crippen molar-refractivity contribution in [1.29, 1.82) is 0 Å². The molecule has 0 aliphatic heterocycles. The van der Waals surface area contributed by atoms with Gasteiger partial charge in [0.15, 0.2) is 10.4 Å². The molecule has 0 aliphatic carbocycles. The second-order valence-electron chi connectivity index (χ2n) is 3.32. The number of aromatic nitrogens is 2. The van der Waals surface area contributed by atoms with Crippen LogP contribution >= 0.6 is 15.9 Å². The van der Waals surface area contributed by atoms with Gasteiger partial charge >= 0.3 is 5.97 Å². The molecule has 0 saturated heterocycles. The number of aromatic carboxylic acids is 1. The number of benzene rings is 1. The number of nitrogens with one attached hydrogen (secondary N) is 1. The average molecular weight is 281 g/mol. The number of carboxylic acid groups (broad SMARTS) is 1. The Morgan fingerprint density at radius 2 is 2.06 bits per heavy atom. The minimum atomic E-state index is -1.02. The van der Waals surface area contributed by atoms with Crippen LogP contribution < -0.4 is 0 Å². The first kappa shape index (κ1) is 10.9. The fourth-order valence-corrected chi connectivity index (χ4v) is 1.90. The second-order valence-corrected chi connectivity index (χ2v) is 4.07. The molecule has 4 nitrogen and oxygen atoms in total. The maximum atomic E-state index is 10.9. The molecule has 0 fully saturated rings.